The molecule has 0 bridgehead atoms. The van der Waals surface area contributed by atoms with Crippen LogP contribution in [0.1, 0.15) is 51.3 Å². The van der Waals surface area contributed by atoms with E-state index in [4.69, 9.17) is 0 Å². The van der Waals surface area contributed by atoms with Gasteiger partial charge >= 0.3 is 0 Å². The van der Waals surface area contributed by atoms with Gasteiger partial charge in [-0.25, -0.2) is 0 Å². The van der Waals surface area contributed by atoms with Gasteiger partial charge in [0, 0.05) is 28.9 Å². The van der Waals surface area contributed by atoms with E-state index in [1.54, 1.807) is 0 Å². The molecule has 0 radical (unpaired) electrons. The number of thiophene rings is 1. The molecule has 0 spiro atoms. The standard InChI is InChI=1S/C16H30N2S/c1-7-18(8-2)12-13(3)17-11-14-9-10-15(19-14)16(4,5)6/h9-10,13,17H,7-8,11-12H2,1-6H3. The highest BCUT2D eigenvalue weighted by Crippen LogP contribution is 2.29. The molecule has 0 aliphatic rings. The predicted octanol–water partition coefficient (Wildman–Crippen LogP) is 3.87. The molecule has 1 rings (SSSR count). The van der Waals surface area contributed by atoms with E-state index in [-0.39, 0.29) is 5.41 Å². The minimum atomic E-state index is 0.274. The summed E-state index contributed by atoms with van der Waals surface area (Å²) < 4.78 is 0. The lowest BCUT2D eigenvalue weighted by Gasteiger charge is -2.23. The molecule has 19 heavy (non-hydrogen) atoms. The molecule has 110 valence electrons. The summed E-state index contributed by atoms with van der Waals surface area (Å²) in [5.41, 5.74) is 0.274. The van der Waals surface area contributed by atoms with E-state index in [2.05, 4.69) is 63.9 Å². The smallest absolute Gasteiger partial charge is 0.0302 e. The molecule has 0 aliphatic carbocycles. The summed E-state index contributed by atoms with van der Waals surface area (Å²) in [6.45, 7) is 17.9. The van der Waals surface area contributed by atoms with Crippen LogP contribution in [0.3, 0.4) is 0 Å². The van der Waals surface area contributed by atoms with Crippen LogP contribution in [0.5, 0.6) is 0 Å². The summed E-state index contributed by atoms with van der Waals surface area (Å²) >= 11 is 1.94. The highest BCUT2D eigenvalue weighted by atomic mass is 32.1. The zero-order valence-corrected chi connectivity index (χ0v) is 14.2. The molecule has 1 unspecified atom stereocenters. The zero-order chi connectivity index (χ0) is 14.5. The molecule has 1 N–H and O–H groups in total. The molecule has 1 heterocycles. The Labute approximate surface area is 123 Å². The van der Waals surface area contributed by atoms with Crippen LogP contribution in [0.4, 0.5) is 0 Å². The molecular formula is C16H30N2S. The highest BCUT2D eigenvalue weighted by Gasteiger charge is 2.16. The number of rotatable bonds is 7. The quantitative estimate of drug-likeness (QED) is 0.817. The van der Waals surface area contributed by atoms with Gasteiger partial charge in [0.2, 0.25) is 0 Å². The Hall–Kier alpha value is -0.380. The largest absolute Gasteiger partial charge is 0.308 e. The monoisotopic (exact) mass is 282 g/mol. The lowest BCUT2D eigenvalue weighted by molar-refractivity contribution is 0.271. The normalized spacial score (nSPS) is 14.1. The Morgan fingerprint density at radius 2 is 1.84 bits per heavy atom. The van der Waals surface area contributed by atoms with Gasteiger partial charge in [-0.1, -0.05) is 34.6 Å². The molecule has 1 aromatic heterocycles. The van der Waals surface area contributed by atoms with Gasteiger partial charge in [-0.2, -0.15) is 0 Å². The Kier molecular flexibility index (Phi) is 6.51. The number of nitrogens with one attached hydrogen (secondary N) is 1. The van der Waals surface area contributed by atoms with E-state index in [9.17, 15) is 0 Å². The average molecular weight is 282 g/mol. The maximum Gasteiger partial charge on any atom is 0.0302 e. The van der Waals surface area contributed by atoms with E-state index >= 15 is 0 Å². The second-order valence-electron chi connectivity index (χ2n) is 6.28. The van der Waals surface area contributed by atoms with Crippen LogP contribution in [-0.2, 0) is 12.0 Å². The Balaban J connectivity index is 2.42. The molecule has 0 saturated heterocycles. The molecule has 1 atom stereocenters. The van der Waals surface area contributed by atoms with E-state index in [1.807, 2.05) is 11.3 Å². The molecule has 0 aliphatic heterocycles. The third-order valence-electron chi connectivity index (χ3n) is 3.45. The lowest BCUT2D eigenvalue weighted by atomic mass is 9.95. The van der Waals surface area contributed by atoms with Crippen LogP contribution in [0.2, 0.25) is 0 Å². The summed E-state index contributed by atoms with van der Waals surface area (Å²) in [5, 5.41) is 3.63. The molecule has 0 amide bonds. The number of hydrogen-bond acceptors (Lipinski definition) is 3. The Bertz CT molecular complexity index is 361. The van der Waals surface area contributed by atoms with E-state index < -0.39 is 0 Å². The zero-order valence-electron chi connectivity index (χ0n) is 13.4. The first-order valence-electron chi connectivity index (χ1n) is 7.41. The topological polar surface area (TPSA) is 15.3 Å². The maximum atomic E-state index is 3.63. The van der Waals surface area contributed by atoms with Crippen LogP contribution in [0.15, 0.2) is 12.1 Å². The van der Waals surface area contributed by atoms with E-state index in [0.29, 0.717) is 6.04 Å². The predicted molar refractivity (Wildman–Crippen MR) is 87.1 cm³/mol. The summed E-state index contributed by atoms with van der Waals surface area (Å²) in [5.74, 6) is 0. The van der Waals surface area contributed by atoms with Crippen molar-refractivity contribution < 1.29 is 0 Å². The van der Waals surface area contributed by atoms with Gasteiger partial charge in [-0.05, 0) is 37.6 Å². The van der Waals surface area contributed by atoms with Gasteiger partial charge in [0.1, 0.15) is 0 Å². The molecule has 0 saturated carbocycles. The van der Waals surface area contributed by atoms with E-state index in [0.717, 1.165) is 26.2 Å². The molecule has 0 fully saturated rings. The fourth-order valence-corrected chi connectivity index (χ4v) is 3.10. The maximum absolute atomic E-state index is 3.63. The third kappa shape index (κ3) is 5.64. The summed E-state index contributed by atoms with van der Waals surface area (Å²) in [6.07, 6.45) is 0. The fourth-order valence-electron chi connectivity index (χ4n) is 2.08. The average Bonchev–Trinajstić information content (AvgIpc) is 2.82. The number of likely N-dealkylation sites (N-methyl/N-ethyl adjacent to an activating group) is 1. The first-order valence-corrected chi connectivity index (χ1v) is 8.23. The van der Waals surface area contributed by atoms with Crippen molar-refractivity contribution in [3.63, 3.8) is 0 Å². The third-order valence-corrected chi connectivity index (χ3v) is 4.96. The van der Waals surface area contributed by atoms with Crippen molar-refractivity contribution in [2.24, 2.45) is 0 Å². The van der Waals surface area contributed by atoms with Crippen molar-refractivity contribution >= 4 is 11.3 Å². The molecule has 3 heteroatoms. The van der Waals surface area contributed by atoms with Gasteiger partial charge in [0.05, 0.1) is 0 Å². The summed E-state index contributed by atoms with van der Waals surface area (Å²) in [7, 11) is 0. The van der Waals surface area contributed by atoms with Crippen LogP contribution in [0.25, 0.3) is 0 Å². The van der Waals surface area contributed by atoms with Gasteiger partial charge in [-0.3, -0.25) is 0 Å². The van der Waals surface area contributed by atoms with Gasteiger partial charge in [0.15, 0.2) is 0 Å². The van der Waals surface area contributed by atoms with Crippen LogP contribution in [-0.4, -0.2) is 30.6 Å². The first kappa shape index (κ1) is 16.7. The Morgan fingerprint density at radius 1 is 1.21 bits per heavy atom. The minimum absolute atomic E-state index is 0.274. The number of nitrogens with zero attached hydrogens (tertiary/aromatic N) is 1. The highest BCUT2D eigenvalue weighted by molar-refractivity contribution is 7.12. The first-order chi connectivity index (χ1) is 8.86. The van der Waals surface area contributed by atoms with Gasteiger partial charge < -0.3 is 10.2 Å². The fraction of sp³-hybridized carbons (Fsp3) is 0.750. The van der Waals surface area contributed by atoms with Crippen molar-refractivity contribution in [3.8, 4) is 0 Å². The second-order valence-corrected chi connectivity index (χ2v) is 7.45. The van der Waals surface area contributed by atoms with Crippen molar-refractivity contribution in [2.45, 2.75) is 59.5 Å². The van der Waals surface area contributed by atoms with Gasteiger partial charge in [0.25, 0.3) is 0 Å². The van der Waals surface area contributed by atoms with E-state index in [1.165, 1.54) is 9.75 Å². The number of hydrogen-bond donors (Lipinski definition) is 1. The molecule has 1 aromatic rings. The van der Waals surface area contributed by atoms with Crippen LogP contribution in [0, 0.1) is 0 Å². The van der Waals surface area contributed by atoms with Crippen molar-refractivity contribution in [2.75, 3.05) is 19.6 Å². The molecule has 0 aromatic carbocycles. The summed E-state index contributed by atoms with van der Waals surface area (Å²) in [4.78, 5) is 5.38. The Morgan fingerprint density at radius 3 is 2.32 bits per heavy atom. The van der Waals surface area contributed by atoms with Crippen LogP contribution < -0.4 is 5.32 Å². The minimum Gasteiger partial charge on any atom is -0.308 e. The molecular weight excluding hydrogens is 252 g/mol. The van der Waals surface area contributed by atoms with Crippen molar-refractivity contribution in [1.29, 1.82) is 0 Å². The van der Waals surface area contributed by atoms with Gasteiger partial charge in [-0.15, -0.1) is 11.3 Å². The SMILES string of the molecule is CCN(CC)CC(C)NCc1ccc(C(C)(C)C)s1. The molecule has 2 nitrogen and oxygen atoms in total. The second kappa shape index (κ2) is 7.41. The lowest BCUT2D eigenvalue weighted by Crippen LogP contribution is -2.38. The summed E-state index contributed by atoms with van der Waals surface area (Å²) in [6, 6.07) is 5.08. The van der Waals surface area contributed by atoms with Crippen LogP contribution >= 0.6 is 11.3 Å². The van der Waals surface area contributed by atoms with Crippen molar-refractivity contribution in [3.05, 3.63) is 21.9 Å². The van der Waals surface area contributed by atoms with Crippen molar-refractivity contribution in [1.82, 2.24) is 10.2 Å².